The Balaban J connectivity index is 1.71. The van der Waals surface area contributed by atoms with Gasteiger partial charge in [0.25, 0.3) is 5.91 Å². The van der Waals surface area contributed by atoms with Crippen molar-refractivity contribution < 1.29 is 52.3 Å². The topological polar surface area (TPSA) is 194 Å². The van der Waals surface area contributed by atoms with Crippen LogP contribution in [0.15, 0.2) is 52.9 Å². The molecule has 14 nitrogen and oxygen atoms in total. The highest BCUT2D eigenvalue weighted by atomic mass is 31.2. The minimum Gasteiger partial charge on any atom is -0.497 e. The molecular formula is C34H44N3O11P. The largest absolute Gasteiger partial charge is 0.497 e. The van der Waals surface area contributed by atoms with Gasteiger partial charge in [-0.1, -0.05) is 33.1 Å². The van der Waals surface area contributed by atoms with Crippen molar-refractivity contribution in [2.45, 2.75) is 65.8 Å². The molecule has 2 unspecified atom stereocenters. The van der Waals surface area contributed by atoms with Crippen molar-refractivity contribution in [3.63, 3.8) is 0 Å². The first-order chi connectivity index (χ1) is 23.4. The average molecular weight is 702 g/mol. The third kappa shape index (κ3) is 10.7. The lowest BCUT2D eigenvalue weighted by molar-refractivity contribution is -0.171. The first-order valence-corrected chi connectivity index (χ1v) is 17.6. The van der Waals surface area contributed by atoms with Gasteiger partial charge in [-0.15, -0.1) is 0 Å². The van der Waals surface area contributed by atoms with Gasteiger partial charge in [-0.3, -0.25) is 18.9 Å². The van der Waals surface area contributed by atoms with Crippen molar-refractivity contribution in [1.82, 2.24) is 15.7 Å². The summed E-state index contributed by atoms with van der Waals surface area (Å²) in [7, 11) is -3.10. The van der Waals surface area contributed by atoms with E-state index >= 15 is 0 Å². The molecule has 0 bridgehead atoms. The average Bonchev–Trinajstić information content (AvgIpc) is 3.57. The number of furan rings is 1. The van der Waals surface area contributed by atoms with Crippen LogP contribution in [0.5, 0.6) is 11.5 Å². The third-order valence-corrected chi connectivity index (χ3v) is 8.71. The number of hydrogen-bond donors (Lipinski definition) is 4. The number of benzene rings is 2. The van der Waals surface area contributed by atoms with Gasteiger partial charge in [-0.25, -0.2) is 4.79 Å². The molecule has 2 atom stereocenters. The normalized spacial score (nSPS) is 12.4. The number of ether oxygens (including phenoxy) is 2. The monoisotopic (exact) mass is 701 g/mol. The van der Waals surface area contributed by atoms with Crippen LogP contribution < -0.4 is 25.4 Å². The van der Waals surface area contributed by atoms with E-state index < -0.39 is 37.3 Å². The van der Waals surface area contributed by atoms with Crippen molar-refractivity contribution in [3.05, 3.63) is 65.4 Å². The summed E-state index contributed by atoms with van der Waals surface area (Å²) >= 11 is 0. The second kappa shape index (κ2) is 18.2. The highest BCUT2D eigenvalue weighted by Gasteiger charge is 2.34. The molecule has 0 aliphatic carbocycles. The fourth-order valence-electron chi connectivity index (χ4n) is 5.25. The maximum Gasteiger partial charge on any atom is 0.363 e. The van der Waals surface area contributed by atoms with Crippen LogP contribution in [-0.2, 0) is 19.0 Å². The number of carbonyl (C=O) groups is 4. The minimum atomic E-state index is -4.61. The maximum absolute atomic E-state index is 13.5. The van der Waals surface area contributed by atoms with Crippen LogP contribution in [0, 0.1) is 12.8 Å². The number of methoxy groups -OCH3 is 1. The van der Waals surface area contributed by atoms with Gasteiger partial charge in [-0.05, 0) is 80.8 Å². The fraction of sp³-hybridized carbons (Fsp3) is 0.412. The number of nitrogens with zero attached hydrogens (tertiary/aromatic N) is 1. The Kier molecular flexibility index (Phi) is 14.4. The van der Waals surface area contributed by atoms with Gasteiger partial charge in [0.1, 0.15) is 17.3 Å². The molecule has 3 aromatic rings. The Morgan fingerprint density at radius 2 is 1.76 bits per heavy atom. The molecule has 0 spiro atoms. The van der Waals surface area contributed by atoms with Crippen LogP contribution in [-0.4, -0.2) is 65.5 Å². The first kappa shape index (κ1) is 38.8. The highest BCUT2D eigenvalue weighted by molar-refractivity contribution is 7.60. The predicted octanol–water partition coefficient (Wildman–Crippen LogP) is 4.47. The van der Waals surface area contributed by atoms with E-state index in [4.69, 9.17) is 18.7 Å². The molecule has 0 saturated heterocycles. The Morgan fingerprint density at radius 1 is 1.00 bits per heavy atom. The van der Waals surface area contributed by atoms with Crippen molar-refractivity contribution >= 4 is 37.1 Å². The quantitative estimate of drug-likeness (QED) is 0.0453. The molecule has 0 radical (unpaired) electrons. The van der Waals surface area contributed by atoms with Crippen LogP contribution in [0.25, 0.3) is 11.3 Å². The molecule has 0 aliphatic heterocycles. The van der Waals surface area contributed by atoms with Gasteiger partial charge >= 0.3 is 13.6 Å². The number of rotatable bonds is 19. The molecule has 2 aromatic carbocycles. The van der Waals surface area contributed by atoms with E-state index in [1.54, 1.807) is 32.9 Å². The summed E-state index contributed by atoms with van der Waals surface area (Å²) in [5.74, 6) is -1.79. The molecule has 0 saturated carbocycles. The minimum absolute atomic E-state index is 0.109. The lowest BCUT2D eigenvalue weighted by Gasteiger charge is -2.32. The van der Waals surface area contributed by atoms with Crippen LogP contribution in [0.2, 0.25) is 0 Å². The second-order valence-electron chi connectivity index (χ2n) is 11.2. The Labute approximate surface area is 285 Å². The number of unbranched alkanes of at least 4 members (excludes halogenated alkanes) is 2. The lowest BCUT2D eigenvalue weighted by atomic mass is 9.90. The first-order valence-electron chi connectivity index (χ1n) is 16.0. The molecule has 266 valence electrons. The van der Waals surface area contributed by atoms with E-state index in [1.807, 2.05) is 6.92 Å². The number of hydroxylamine groups is 2. The van der Waals surface area contributed by atoms with E-state index in [0.717, 1.165) is 17.9 Å². The van der Waals surface area contributed by atoms with Crippen LogP contribution in [0.1, 0.15) is 79.4 Å². The van der Waals surface area contributed by atoms with Crippen LogP contribution in [0.4, 0.5) is 0 Å². The second-order valence-corrected chi connectivity index (χ2v) is 12.8. The number of aryl methyl sites for hydroxylation is 1. The van der Waals surface area contributed by atoms with Crippen LogP contribution >= 0.6 is 7.60 Å². The SMILES string of the molecule is CCCCCC(C(=O)NCNC(=O)c1ccc(-c2cc(OCC)cc(P(=O)(O)O)c2)o1)C(CC)N(C=O)OC(=O)c1ccc(OC)cc1C. The standard InChI is InChI=1S/C34H44N3O11P/c1-6-9-10-11-28(29(7-2)37(21-38)48-34(41)27-13-12-24(45-5)16-22(27)4)32(39)35-20-36-33(40)31-15-14-30(47-31)23-17-25(46-8-3)19-26(18-23)49(42,43)44/h12-19,21,28-29H,6-11,20H2,1-5H3,(H,35,39)(H,36,40)(H2,42,43,44). The summed E-state index contributed by atoms with van der Waals surface area (Å²) in [6, 6.07) is 10.9. The summed E-state index contributed by atoms with van der Waals surface area (Å²) < 4.78 is 28.2. The molecule has 3 amide bonds. The molecule has 0 fully saturated rings. The molecular weight excluding hydrogens is 657 g/mol. The molecule has 49 heavy (non-hydrogen) atoms. The number of amides is 3. The zero-order chi connectivity index (χ0) is 36.1. The zero-order valence-corrected chi connectivity index (χ0v) is 29.2. The summed E-state index contributed by atoms with van der Waals surface area (Å²) in [5, 5.41) is 5.85. The van der Waals surface area contributed by atoms with E-state index in [2.05, 4.69) is 10.6 Å². The smallest absolute Gasteiger partial charge is 0.363 e. The fourth-order valence-corrected chi connectivity index (χ4v) is 5.85. The third-order valence-electron chi connectivity index (χ3n) is 7.78. The summed E-state index contributed by atoms with van der Waals surface area (Å²) in [6.07, 6.45) is 3.49. The lowest BCUT2D eigenvalue weighted by Crippen LogP contribution is -2.49. The summed E-state index contributed by atoms with van der Waals surface area (Å²) in [6.45, 7) is 7.22. The van der Waals surface area contributed by atoms with Gasteiger partial charge < -0.3 is 39.1 Å². The summed E-state index contributed by atoms with van der Waals surface area (Å²) in [5.41, 5.74) is 1.12. The van der Waals surface area contributed by atoms with Gasteiger partial charge in [-0.2, -0.15) is 5.06 Å². The van der Waals surface area contributed by atoms with Crippen molar-refractivity contribution in [1.29, 1.82) is 0 Å². The molecule has 1 aromatic heterocycles. The Morgan fingerprint density at radius 3 is 2.37 bits per heavy atom. The number of nitrogens with one attached hydrogen (secondary N) is 2. The maximum atomic E-state index is 13.5. The molecule has 1 heterocycles. The van der Waals surface area contributed by atoms with Crippen LogP contribution in [0.3, 0.4) is 0 Å². The van der Waals surface area contributed by atoms with Gasteiger partial charge in [0.05, 0.1) is 43.2 Å². The van der Waals surface area contributed by atoms with E-state index in [-0.39, 0.29) is 41.4 Å². The predicted molar refractivity (Wildman–Crippen MR) is 180 cm³/mol. The Hall–Kier alpha value is -4.65. The van der Waals surface area contributed by atoms with Gasteiger partial charge in [0, 0.05) is 5.56 Å². The van der Waals surface area contributed by atoms with E-state index in [0.29, 0.717) is 42.5 Å². The number of carbonyl (C=O) groups excluding carboxylic acids is 4. The van der Waals surface area contributed by atoms with Crippen molar-refractivity contribution in [3.8, 4) is 22.8 Å². The van der Waals surface area contributed by atoms with E-state index in [1.165, 1.54) is 43.5 Å². The summed E-state index contributed by atoms with van der Waals surface area (Å²) in [4.78, 5) is 76.4. The highest BCUT2D eigenvalue weighted by Crippen LogP contribution is 2.37. The van der Waals surface area contributed by atoms with Crippen molar-refractivity contribution in [2.75, 3.05) is 20.4 Å². The van der Waals surface area contributed by atoms with Gasteiger partial charge in [0.15, 0.2) is 5.76 Å². The van der Waals surface area contributed by atoms with Gasteiger partial charge in [0.2, 0.25) is 12.3 Å². The molecule has 3 rings (SSSR count). The van der Waals surface area contributed by atoms with Crippen molar-refractivity contribution in [2.24, 2.45) is 5.92 Å². The zero-order valence-electron chi connectivity index (χ0n) is 28.3. The molecule has 0 aliphatic rings. The van der Waals surface area contributed by atoms with E-state index in [9.17, 15) is 33.5 Å². The molecule has 4 N–H and O–H groups in total. The Bertz CT molecular complexity index is 1650. The molecule has 15 heteroatoms. The number of hydrogen-bond acceptors (Lipinski definition) is 9.